The molecule has 1 aliphatic rings. The zero-order valence-electron chi connectivity index (χ0n) is 18.1. The lowest BCUT2D eigenvalue weighted by Crippen LogP contribution is -2.42. The Morgan fingerprint density at radius 2 is 1.97 bits per heavy atom. The number of ether oxygens (including phenoxy) is 1. The van der Waals surface area contributed by atoms with Crippen molar-refractivity contribution in [2.45, 2.75) is 23.2 Å². The van der Waals surface area contributed by atoms with Crippen molar-refractivity contribution in [2.75, 3.05) is 7.11 Å². The molecule has 0 radical (unpaired) electrons. The SMILES string of the molecule is COc1cc(CNC(=O)C2C=Nc3c(c(=O)n(Cc4ccc(F)c(F)c4)c(=O)n3C)S2)ccn1. The third-order valence-electron chi connectivity index (χ3n) is 5.11. The molecule has 1 aliphatic heterocycles. The number of pyridine rings is 1. The lowest BCUT2D eigenvalue weighted by molar-refractivity contribution is -0.119. The number of aromatic nitrogens is 3. The van der Waals surface area contributed by atoms with Crippen molar-refractivity contribution >= 4 is 29.7 Å². The van der Waals surface area contributed by atoms with E-state index in [1.807, 2.05) is 0 Å². The number of thioether (sulfide) groups is 1. The van der Waals surface area contributed by atoms with Crippen molar-refractivity contribution in [3.63, 3.8) is 0 Å². The summed E-state index contributed by atoms with van der Waals surface area (Å²) in [6.45, 7) is -0.0515. The average molecular weight is 487 g/mol. The Morgan fingerprint density at radius 3 is 2.71 bits per heavy atom. The Balaban J connectivity index is 1.57. The molecule has 0 saturated carbocycles. The van der Waals surface area contributed by atoms with E-state index in [2.05, 4.69) is 15.3 Å². The van der Waals surface area contributed by atoms with Gasteiger partial charge >= 0.3 is 5.69 Å². The molecule has 1 unspecified atom stereocenters. The Labute approximate surface area is 196 Å². The number of aliphatic imine (C=N–C) groups is 1. The molecule has 0 saturated heterocycles. The smallest absolute Gasteiger partial charge is 0.332 e. The number of carbonyl (C=O) groups is 1. The highest BCUT2D eigenvalue weighted by Crippen LogP contribution is 2.32. The van der Waals surface area contributed by atoms with Crippen molar-refractivity contribution in [2.24, 2.45) is 12.0 Å². The highest BCUT2D eigenvalue weighted by atomic mass is 32.2. The first-order chi connectivity index (χ1) is 16.3. The van der Waals surface area contributed by atoms with E-state index in [-0.39, 0.29) is 35.3 Å². The number of rotatable bonds is 6. The summed E-state index contributed by atoms with van der Waals surface area (Å²) in [6.07, 6.45) is 2.93. The van der Waals surface area contributed by atoms with Crippen LogP contribution in [0.2, 0.25) is 0 Å². The summed E-state index contributed by atoms with van der Waals surface area (Å²) in [5.41, 5.74) is -0.318. The van der Waals surface area contributed by atoms with Crippen LogP contribution in [0, 0.1) is 11.6 Å². The predicted octanol–water partition coefficient (Wildman–Crippen LogP) is 1.77. The minimum absolute atomic E-state index is 0.109. The van der Waals surface area contributed by atoms with E-state index in [1.165, 1.54) is 31.0 Å². The fraction of sp³-hybridized carbons (Fsp3) is 0.227. The maximum atomic E-state index is 13.6. The van der Waals surface area contributed by atoms with Crippen LogP contribution in [0.15, 0.2) is 56.0 Å². The molecule has 4 rings (SSSR count). The summed E-state index contributed by atoms with van der Waals surface area (Å²) >= 11 is 0.962. The highest BCUT2D eigenvalue weighted by molar-refractivity contribution is 8.01. The summed E-state index contributed by atoms with van der Waals surface area (Å²) in [5, 5.41) is 1.97. The molecule has 1 amide bonds. The van der Waals surface area contributed by atoms with E-state index in [1.54, 1.807) is 18.3 Å². The summed E-state index contributed by atoms with van der Waals surface area (Å²) in [6, 6.07) is 6.56. The Bertz CT molecular complexity index is 1420. The maximum absolute atomic E-state index is 13.6. The predicted molar refractivity (Wildman–Crippen MR) is 122 cm³/mol. The normalized spacial score (nSPS) is 14.5. The van der Waals surface area contributed by atoms with E-state index in [0.717, 1.165) is 34.0 Å². The number of nitrogens with one attached hydrogen (secondary N) is 1. The maximum Gasteiger partial charge on any atom is 0.332 e. The van der Waals surface area contributed by atoms with E-state index in [4.69, 9.17) is 4.74 Å². The fourth-order valence-corrected chi connectivity index (χ4v) is 4.39. The first-order valence-electron chi connectivity index (χ1n) is 10.0. The van der Waals surface area contributed by atoms with Gasteiger partial charge in [-0.2, -0.15) is 0 Å². The fourth-order valence-electron chi connectivity index (χ4n) is 3.32. The van der Waals surface area contributed by atoms with Crippen LogP contribution < -0.4 is 21.3 Å². The molecule has 9 nitrogen and oxygen atoms in total. The van der Waals surface area contributed by atoms with Gasteiger partial charge in [0, 0.05) is 32.1 Å². The van der Waals surface area contributed by atoms with Gasteiger partial charge < -0.3 is 10.1 Å². The summed E-state index contributed by atoms with van der Waals surface area (Å²) in [4.78, 5) is 46.8. The second kappa shape index (κ2) is 9.59. The number of fused-ring (bicyclic) bond motifs is 1. The van der Waals surface area contributed by atoms with Gasteiger partial charge in [-0.1, -0.05) is 17.8 Å². The molecular formula is C22H19F2N5O4S. The van der Waals surface area contributed by atoms with Crippen LogP contribution in [-0.4, -0.2) is 38.6 Å². The van der Waals surface area contributed by atoms with Crippen LogP contribution in [-0.2, 0) is 24.9 Å². The van der Waals surface area contributed by atoms with Crippen LogP contribution in [0.5, 0.6) is 5.88 Å². The molecule has 1 aromatic carbocycles. The second-order valence-electron chi connectivity index (χ2n) is 7.37. The number of carbonyl (C=O) groups excluding carboxylic acids is 1. The van der Waals surface area contributed by atoms with Crippen molar-refractivity contribution < 1.29 is 18.3 Å². The zero-order chi connectivity index (χ0) is 24.4. The van der Waals surface area contributed by atoms with E-state index < -0.39 is 28.1 Å². The number of benzene rings is 1. The number of methoxy groups -OCH3 is 1. The molecule has 176 valence electrons. The molecule has 0 spiro atoms. The zero-order valence-corrected chi connectivity index (χ0v) is 18.9. The van der Waals surface area contributed by atoms with E-state index in [9.17, 15) is 23.2 Å². The molecule has 2 aromatic heterocycles. The summed E-state index contributed by atoms with van der Waals surface area (Å²) in [5.74, 6) is -1.95. The highest BCUT2D eigenvalue weighted by Gasteiger charge is 2.28. The lowest BCUT2D eigenvalue weighted by atomic mass is 10.2. The topological polar surface area (TPSA) is 108 Å². The van der Waals surface area contributed by atoms with Crippen LogP contribution in [0.1, 0.15) is 11.1 Å². The van der Waals surface area contributed by atoms with Gasteiger partial charge in [-0.15, -0.1) is 0 Å². The van der Waals surface area contributed by atoms with Crippen molar-refractivity contribution in [1.82, 2.24) is 19.4 Å². The minimum Gasteiger partial charge on any atom is -0.481 e. The van der Waals surface area contributed by atoms with Gasteiger partial charge in [-0.25, -0.2) is 23.6 Å². The van der Waals surface area contributed by atoms with Crippen LogP contribution >= 0.6 is 11.8 Å². The van der Waals surface area contributed by atoms with Gasteiger partial charge in [0.25, 0.3) is 5.56 Å². The number of halogens is 2. The molecule has 0 fully saturated rings. The Hall–Kier alpha value is -3.80. The van der Waals surface area contributed by atoms with Crippen molar-refractivity contribution in [3.8, 4) is 5.88 Å². The molecule has 0 aliphatic carbocycles. The summed E-state index contributed by atoms with van der Waals surface area (Å²) in [7, 11) is 2.93. The standard InChI is InChI=1S/C22H19F2N5O4S/c1-28-19-18(21(31)29(22(28)32)11-13-3-4-14(23)15(24)7-13)34-16(10-26-19)20(30)27-9-12-5-6-25-17(8-12)33-2/h3-8,10,16H,9,11H2,1-2H3,(H,27,30). The molecule has 34 heavy (non-hydrogen) atoms. The van der Waals surface area contributed by atoms with E-state index >= 15 is 0 Å². The van der Waals surface area contributed by atoms with Gasteiger partial charge in [-0.05, 0) is 29.3 Å². The number of hydrogen-bond donors (Lipinski definition) is 1. The molecular weight excluding hydrogens is 468 g/mol. The average Bonchev–Trinajstić information content (AvgIpc) is 2.85. The third kappa shape index (κ3) is 4.62. The van der Waals surface area contributed by atoms with Gasteiger partial charge in [0.1, 0.15) is 10.1 Å². The number of nitrogens with zero attached hydrogens (tertiary/aromatic N) is 4. The van der Waals surface area contributed by atoms with Gasteiger partial charge in [0.2, 0.25) is 11.8 Å². The quantitative estimate of drug-likeness (QED) is 0.568. The van der Waals surface area contributed by atoms with Gasteiger partial charge in [-0.3, -0.25) is 18.7 Å². The Morgan fingerprint density at radius 1 is 1.18 bits per heavy atom. The number of hydrogen-bond acceptors (Lipinski definition) is 7. The van der Waals surface area contributed by atoms with Crippen molar-refractivity contribution in [3.05, 3.63) is 80.1 Å². The molecule has 12 heteroatoms. The van der Waals surface area contributed by atoms with Gasteiger partial charge in [0.15, 0.2) is 17.5 Å². The minimum atomic E-state index is -1.08. The molecule has 1 atom stereocenters. The number of amides is 1. The molecule has 3 heterocycles. The molecule has 3 aromatic rings. The Kier molecular flexibility index (Phi) is 6.59. The third-order valence-corrected chi connectivity index (χ3v) is 6.30. The van der Waals surface area contributed by atoms with Crippen LogP contribution in [0.25, 0.3) is 0 Å². The van der Waals surface area contributed by atoms with Crippen molar-refractivity contribution in [1.29, 1.82) is 0 Å². The molecule has 0 bridgehead atoms. The monoisotopic (exact) mass is 487 g/mol. The van der Waals surface area contributed by atoms with Crippen LogP contribution in [0.4, 0.5) is 14.6 Å². The second-order valence-corrected chi connectivity index (χ2v) is 8.53. The first-order valence-corrected chi connectivity index (χ1v) is 10.9. The summed E-state index contributed by atoms with van der Waals surface area (Å²) < 4.78 is 34.0. The first kappa shape index (κ1) is 23.4. The largest absolute Gasteiger partial charge is 0.481 e. The van der Waals surface area contributed by atoms with Crippen LogP contribution in [0.3, 0.4) is 0 Å². The van der Waals surface area contributed by atoms with Gasteiger partial charge in [0.05, 0.1) is 13.7 Å². The van der Waals surface area contributed by atoms with E-state index in [0.29, 0.717) is 5.88 Å². The molecule has 1 N–H and O–H groups in total. The lowest BCUT2D eigenvalue weighted by Gasteiger charge is -2.20.